The molecule has 1 aromatic carbocycles. The van der Waals surface area contributed by atoms with Gasteiger partial charge in [0.05, 0.1) is 11.1 Å². The molecule has 1 aromatic rings. The first kappa shape index (κ1) is 11.4. The maximum Gasteiger partial charge on any atom is 0.193 e. The van der Waals surface area contributed by atoms with Crippen molar-refractivity contribution in [3.8, 4) is 0 Å². The molecule has 1 fully saturated rings. The minimum absolute atomic E-state index is 0.0469. The third-order valence-corrected chi connectivity index (χ3v) is 3.10. The Labute approximate surface area is 99.5 Å². The number of ether oxygens (including phenoxy) is 1. The topological polar surface area (TPSA) is 52.3 Å². The average molecular weight is 240 g/mol. The van der Waals surface area contributed by atoms with Crippen molar-refractivity contribution in [1.82, 2.24) is 0 Å². The summed E-state index contributed by atoms with van der Waals surface area (Å²) >= 11 is 5.98. The second-order valence-electron chi connectivity index (χ2n) is 4.12. The molecule has 1 aliphatic rings. The highest BCUT2D eigenvalue weighted by Crippen LogP contribution is 2.26. The molecular weight excluding hydrogens is 226 g/mol. The molecule has 16 heavy (non-hydrogen) atoms. The molecule has 0 aromatic heterocycles. The van der Waals surface area contributed by atoms with E-state index in [1.54, 1.807) is 18.2 Å². The molecule has 2 N–H and O–H groups in total. The van der Waals surface area contributed by atoms with Crippen LogP contribution in [0.2, 0.25) is 5.02 Å². The van der Waals surface area contributed by atoms with Gasteiger partial charge in [0.2, 0.25) is 0 Å². The van der Waals surface area contributed by atoms with Gasteiger partial charge in [-0.2, -0.15) is 0 Å². The summed E-state index contributed by atoms with van der Waals surface area (Å²) in [7, 11) is 0. The second kappa shape index (κ2) is 4.44. The first-order valence-electron chi connectivity index (χ1n) is 5.32. The normalized spacial score (nSPS) is 24.6. The molecule has 0 amide bonds. The van der Waals surface area contributed by atoms with Gasteiger partial charge < -0.3 is 10.5 Å². The lowest BCUT2D eigenvalue weighted by Gasteiger charge is -2.11. The predicted octanol–water partition coefficient (Wildman–Crippen LogP) is 2.67. The summed E-state index contributed by atoms with van der Waals surface area (Å²) in [6.07, 6.45) is 1.49. The van der Waals surface area contributed by atoms with Gasteiger partial charge in [-0.25, -0.2) is 0 Å². The van der Waals surface area contributed by atoms with Crippen molar-refractivity contribution >= 4 is 23.1 Å². The fourth-order valence-corrected chi connectivity index (χ4v) is 2.18. The monoisotopic (exact) mass is 239 g/mol. The number of hydrogen-bond donors (Lipinski definition) is 1. The van der Waals surface area contributed by atoms with Gasteiger partial charge >= 0.3 is 0 Å². The van der Waals surface area contributed by atoms with Crippen molar-refractivity contribution in [3.63, 3.8) is 0 Å². The Morgan fingerprint density at radius 2 is 2.25 bits per heavy atom. The molecule has 1 heterocycles. The lowest BCUT2D eigenvalue weighted by molar-refractivity contribution is 0.0433. The van der Waals surface area contributed by atoms with Gasteiger partial charge in [-0.05, 0) is 38.0 Å². The van der Waals surface area contributed by atoms with Crippen LogP contribution in [0.25, 0.3) is 0 Å². The van der Waals surface area contributed by atoms with Crippen LogP contribution in [-0.2, 0) is 4.74 Å². The average Bonchev–Trinajstić information content (AvgIpc) is 2.64. The fourth-order valence-electron chi connectivity index (χ4n) is 1.90. The van der Waals surface area contributed by atoms with Crippen LogP contribution in [-0.4, -0.2) is 18.0 Å². The molecular formula is C12H14ClNO2. The molecule has 3 nitrogen and oxygen atoms in total. The molecule has 2 unspecified atom stereocenters. The van der Waals surface area contributed by atoms with Crippen LogP contribution < -0.4 is 5.73 Å². The van der Waals surface area contributed by atoms with Crippen molar-refractivity contribution in [1.29, 1.82) is 0 Å². The van der Waals surface area contributed by atoms with E-state index in [1.165, 1.54) is 0 Å². The molecule has 2 atom stereocenters. The second-order valence-corrected chi connectivity index (χ2v) is 4.52. The number of rotatable bonds is 2. The molecule has 0 spiro atoms. The Kier molecular flexibility index (Phi) is 3.17. The summed E-state index contributed by atoms with van der Waals surface area (Å²) in [5, 5.41) is 0.396. The SMILES string of the molecule is CC1CCC(C(=O)c2ccc(N)cc2Cl)O1. The summed E-state index contributed by atoms with van der Waals surface area (Å²) in [4.78, 5) is 12.1. The van der Waals surface area contributed by atoms with Crippen LogP contribution in [0.1, 0.15) is 30.1 Å². The van der Waals surface area contributed by atoms with Crippen LogP contribution in [0.5, 0.6) is 0 Å². The molecule has 1 aliphatic heterocycles. The van der Waals surface area contributed by atoms with Crippen LogP contribution in [0.3, 0.4) is 0 Å². The van der Waals surface area contributed by atoms with E-state index in [9.17, 15) is 4.79 Å². The number of benzene rings is 1. The number of Topliss-reactive ketones (excluding diaryl/α,β-unsaturated/α-hetero) is 1. The Morgan fingerprint density at radius 3 is 2.81 bits per heavy atom. The number of carbonyl (C=O) groups excluding carboxylic acids is 1. The van der Waals surface area contributed by atoms with E-state index in [-0.39, 0.29) is 18.0 Å². The molecule has 0 saturated carbocycles. The molecule has 0 aliphatic carbocycles. The molecule has 1 saturated heterocycles. The molecule has 0 bridgehead atoms. The molecule has 2 rings (SSSR count). The van der Waals surface area contributed by atoms with Crippen LogP contribution in [0.4, 0.5) is 5.69 Å². The number of hydrogen-bond acceptors (Lipinski definition) is 3. The number of nitrogens with two attached hydrogens (primary N) is 1. The minimum atomic E-state index is -0.351. The lowest BCUT2D eigenvalue weighted by Crippen LogP contribution is -2.21. The highest BCUT2D eigenvalue weighted by molar-refractivity contribution is 6.34. The van der Waals surface area contributed by atoms with Gasteiger partial charge in [-0.1, -0.05) is 11.6 Å². The van der Waals surface area contributed by atoms with Gasteiger partial charge in [0.1, 0.15) is 6.10 Å². The number of nitrogen functional groups attached to an aromatic ring is 1. The third kappa shape index (κ3) is 2.20. The van der Waals surface area contributed by atoms with E-state index in [1.807, 2.05) is 6.92 Å². The van der Waals surface area contributed by atoms with Crippen molar-refractivity contribution < 1.29 is 9.53 Å². The maximum atomic E-state index is 12.1. The molecule has 0 radical (unpaired) electrons. The third-order valence-electron chi connectivity index (χ3n) is 2.78. The number of carbonyl (C=O) groups is 1. The number of ketones is 1. The maximum absolute atomic E-state index is 12.1. The van der Waals surface area contributed by atoms with Crippen molar-refractivity contribution in [2.45, 2.75) is 32.0 Å². The van der Waals surface area contributed by atoms with E-state index in [0.717, 1.165) is 12.8 Å². The first-order valence-corrected chi connectivity index (χ1v) is 5.70. The Hall–Kier alpha value is -1.06. The fraction of sp³-hybridized carbons (Fsp3) is 0.417. The van der Waals surface area contributed by atoms with Crippen molar-refractivity contribution in [2.24, 2.45) is 0 Å². The summed E-state index contributed by atoms with van der Waals surface area (Å²) in [6, 6.07) is 4.93. The summed E-state index contributed by atoms with van der Waals surface area (Å²) in [5.41, 5.74) is 6.63. The molecule has 86 valence electrons. The summed E-state index contributed by atoms with van der Waals surface area (Å²) in [5.74, 6) is -0.0469. The van der Waals surface area contributed by atoms with E-state index < -0.39 is 0 Å². The van der Waals surface area contributed by atoms with Crippen LogP contribution in [0, 0.1) is 0 Å². The Bertz CT molecular complexity index is 419. The van der Waals surface area contributed by atoms with Gasteiger partial charge in [0, 0.05) is 11.3 Å². The van der Waals surface area contributed by atoms with Gasteiger partial charge in [-0.3, -0.25) is 4.79 Å². The Morgan fingerprint density at radius 1 is 1.50 bits per heavy atom. The molecule has 4 heteroatoms. The largest absolute Gasteiger partial charge is 0.399 e. The van der Waals surface area contributed by atoms with Gasteiger partial charge in [-0.15, -0.1) is 0 Å². The van der Waals surface area contributed by atoms with Crippen LogP contribution in [0.15, 0.2) is 18.2 Å². The van der Waals surface area contributed by atoms with E-state index in [2.05, 4.69) is 0 Å². The smallest absolute Gasteiger partial charge is 0.193 e. The van der Waals surface area contributed by atoms with Crippen LogP contribution >= 0.6 is 11.6 Å². The highest BCUT2D eigenvalue weighted by atomic mass is 35.5. The Balaban J connectivity index is 2.21. The number of halogens is 1. The van der Waals surface area contributed by atoms with Gasteiger partial charge in [0.15, 0.2) is 5.78 Å². The predicted molar refractivity (Wildman–Crippen MR) is 63.8 cm³/mol. The van der Waals surface area contributed by atoms with E-state index in [0.29, 0.717) is 16.3 Å². The van der Waals surface area contributed by atoms with Crippen molar-refractivity contribution in [3.05, 3.63) is 28.8 Å². The highest BCUT2D eigenvalue weighted by Gasteiger charge is 2.29. The zero-order valence-electron chi connectivity index (χ0n) is 9.07. The van der Waals surface area contributed by atoms with E-state index in [4.69, 9.17) is 22.1 Å². The van der Waals surface area contributed by atoms with Gasteiger partial charge in [0.25, 0.3) is 0 Å². The zero-order valence-corrected chi connectivity index (χ0v) is 9.83. The summed E-state index contributed by atoms with van der Waals surface area (Å²) in [6.45, 7) is 1.97. The standard InChI is InChI=1S/C12H14ClNO2/c1-7-2-5-11(16-7)12(15)9-4-3-8(14)6-10(9)13/h3-4,6-7,11H,2,5,14H2,1H3. The zero-order chi connectivity index (χ0) is 11.7. The lowest BCUT2D eigenvalue weighted by atomic mass is 10.0. The number of anilines is 1. The minimum Gasteiger partial charge on any atom is -0.399 e. The van der Waals surface area contributed by atoms with Crippen molar-refractivity contribution in [2.75, 3.05) is 5.73 Å². The first-order chi connectivity index (χ1) is 7.58. The quantitative estimate of drug-likeness (QED) is 0.638. The summed E-state index contributed by atoms with van der Waals surface area (Å²) < 4.78 is 5.52. The van der Waals surface area contributed by atoms with E-state index >= 15 is 0 Å².